The van der Waals surface area contributed by atoms with Crippen molar-refractivity contribution in [1.82, 2.24) is 0 Å². The van der Waals surface area contributed by atoms with Crippen LogP contribution in [-0.2, 0) is 0 Å². The number of aryl methyl sites for hydroxylation is 2. The van der Waals surface area contributed by atoms with Crippen LogP contribution < -0.4 is 5.32 Å². The van der Waals surface area contributed by atoms with E-state index in [2.05, 4.69) is 5.32 Å². The second kappa shape index (κ2) is 6.05. The van der Waals surface area contributed by atoms with Gasteiger partial charge in [0.15, 0.2) is 0 Å². The van der Waals surface area contributed by atoms with Crippen LogP contribution in [0, 0.1) is 13.8 Å². The van der Waals surface area contributed by atoms with Gasteiger partial charge in [0.05, 0.1) is 21.8 Å². The minimum absolute atomic E-state index is 0.0434. The van der Waals surface area contributed by atoms with Crippen LogP contribution in [0.4, 0.5) is 5.69 Å². The molecule has 0 spiro atoms. The fourth-order valence-corrected chi connectivity index (χ4v) is 3.37. The van der Waals surface area contributed by atoms with Gasteiger partial charge in [0.1, 0.15) is 0 Å². The number of hydrogen-bond donors (Lipinski definition) is 2. The zero-order valence-electron chi connectivity index (χ0n) is 11.2. The number of carbonyl (C=O) groups is 2. The second-order valence-electron chi connectivity index (χ2n) is 4.40. The highest BCUT2D eigenvalue weighted by Gasteiger charge is 2.19. The van der Waals surface area contributed by atoms with Crippen LogP contribution >= 0.6 is 34.5 Å². The SMILES string of the molecule is Cc1cc(C(=O)Nc2c(Cl)cc(Cl)cc2C(=O)O)c(C)s1. The van der Waals surface area contributed by atoms with Gasteiger partial charge >= 0.3 is 5.97 Å². The molecule has 0 saturated carbocycles. The molecular weight excluding hydrogens is 333 g/mol. The molecule has 7 heteroatoms. The summed E-state index contributed by atoms with van der Waals surface area (Å²) in [5, 5.41) is 12.0. The van der Waals surface area contributed by atoms with Gasteiger partial charge in [-0.3, -0.25) is 4.79 Å². The Balaban J connectivity index is 2.42. The minimum atomic E-state index is -1.21. The van der Waals surface area contributed by atoms with Crippen molar-refractivity contribution in [3.05, 3.63) is 49.1 Å². The third-order valence-electron chi connectivity index (χ3n) is 2.81. The van der Waals surface area contributed by atoms with Gasteiger partial charge in [-0.2, -0.15) is 0 Å². The molecule has 2 aromatic rings. The van der Waals surface area contributed by atoms with Gasteiger partial charge in [-0.15, -0.1) is 11.3 Å². The fraction of sp³-hybridized carbons (Fsp3) is 0.143. The molecule has 110 valence electrons. The van der Waals surface area contributed by atoms with E-state index >= 15 is 0 Å². The van der Waals surface area contributed by atoms with Gasteiger partial charge in [0.2, 0.25) is 0 Å². The Morgan fingerprint density at radius 3 is 2.33 bits per heavy atom. The number of carboxylic acids is 1. The molecule has 1 aromatic carbocycles. The predicted octanol–water partition coefficient (Wildman–Crippen LogP) is 4.62. The zero-order valence-corrected chi connectivity index (χ0v) is 13.5. The van der Waals surface area contributed by atoms with Crippen molar-refractivity contribution in [3.63, 3.8) is 0 Å². The Labute approximate surface area is 135 Å². The quantitative estimate of drug-likeness (QED) is 0.854. The molecule has 1 heterocycles. The first-order chi connectivity index (χ1) is 9.79. The summed E-state index contributed by atoms with van der Waals surface area (Å²) >= 11 is 13.3. The van der Waals surface area contributed by atoms with Crippen LogP contribution in [0.5, 0.6) is 0 Å². The highest BCUT2D eigenvalue weighted by molar-refractivity contribution is 7.12. The lowest BCUT2D eigenvalue weighted by molar-refractivity contribution is 0.0698. The largest absolute Gasteiger partial charge is 0.478 e. The number of halogens is 2. The maximum atomic E-state index is 12.3. The van der Waals surface area contributed by atoms with Crippen LogP contribution in [0.25, 0.3) is 0 Å². The number of benzene rings is 1. The molecular formula is C14H11Cl2NO3S. The lowest BCUT2D eigenvalue weighted by atomic mass is 10.1. The molecule has 0 aliphatic heterocycles. The number of carbonyl (C=O) groups excluding carboxylic acids is 1. The van der Waals surface area contributed by atoms with Crippen LogP contribution in [-0.4, -0.2) is 17.0 Å². The molecule has 0 atom stereocenters. The van der Waals surface area contributed by atoms with Crippen molar-refractivity contribution < 1.29 is 14.7 Å². The normalized spacial score (nSPS) is 10.5. The summed E-state index contributed by atoms with van der Waals surface area (Å²) in [5.74, 6) is -1.61. The summed E-state index contributed by atoms with van der Waals surface area (Å²) in [7, 11) is 0. The van der Waals surface area contributed by atoms with Gasteiger partial charge < -0.3 is 10.4 Å². The maximum Gasteiger partial charge on any atom is 0.337 e. The number of aromatic carboxylic acids is 1. The van der Waals surface area contributed by atoms with Gasteiger partial charge in [-0.25, -0.2) is 4.79 Å². The number of nitrogens with one attached hydrogen (secondary N) is 1. The molecule has 0 unspecified atom stereocenters. The molecule has 0 aliphatic rings. The first-order valence-corrected chi connectivity index (χ1v) is 7.47. The van der Waals surface area contributed by atoms with Gasteiger partial charge in [0, 0.05) is 14.8 Å². The van der Waals surface area contributed by atoms with Crippen LogP contribution in [0.2, 0.25) is 10.0 Å². The highest BCUT2D eigenvalue weighted by Crippen LogP contribution is 2.31. The number of thiophene rings is 1. The van der Waals surface area contributed by atoms with Crippen molar-refractivity contribution in [3.8, 4) is 0 Å². The summed E-state index contributed by atoms with van der Waals surface area (Å²) in [6, 6.07) is 4.38. The molecule has 0 aliphatic carbocycles. The Morgan fingerprint density at radius 1 is 1.14 bits per heavy atom. The average molecular weight is 344 g/mol. The highest BCUT2D eigenvalue weighted by atomic mass is 35.5. The lowest BCUT2D eigenvalue weighted by Gasteiger charge is -2.11. The molecule has 1 aromatic heterocycles. The maximum absolute atomic E-state index is 12.3. The molecule has 0 fully saturated rings. The third-order valence-corrected chi connectivity index (χ3v) is 4.29. The fourth-order valence-electron chi connectivity index (χ4n) is 1.91. The first kappa shape index (κ1) is 15.8. The monoisotopic (exact) mass is 343 g/mol. The van der Waals surface area contributed by atoms with Crippen LogP contribution in [0.15, 0.2) is 18.2 Å². The molecule has 2 N–H and O–H groups in total. The summed E-state index contributed by atoms with van der Waals surface area (Å²) in [5.41, 5.74) is 0.395. The van der Waals surface area contributed by atoms with Gasteiger partial charge in [-0.1, -0.05) is 23.2 Å². The van der Waals surface area contributed by atoms with E-state index in [9.17, 15) is 14.7 Å². The smallest absolute Gasteiger partial charge is 0.337 e. The van der Waals surface area contributed by atoms with Crippen LogP contribution in [0.3, 0.4) is 0 Å². The standard InChI is InChI=1S/C14H11Cl2NO3S/c1-6-3-9(7(2)21-6)13(18)17-12-10(14(19)20)4-8(15)5-11(12)16/h3-5H,1-2H3,(H,17,18)(H,19,20). The Hall–Kier alpha value is -1.56. The summed E-state index contributed by atoms with van der Waals surface area (Å²) in [4.78, 5) is 25.4. The Morgan fingerprint density at radius 2 is 1.81 bits per heavy atom. The number of hydrogen-bond acceptors (Lipinski definition) is 3. The topological polar surface area (TPSA) is 66.4 Å². The number of rotatable bonds is 3. The predicted molar refractivity (Wildman–Crippen MR) is 85.2 cm³/mol. The van der Waals surface area contributed by atoms with Gasteiger partial charge in [0.25, 0.3) is 5.91 Å². The Bertz CT molecular complexity index is 740. The van der Waals surface area contributed by atoms with Crippen molar-refractivity contribution in [2.24, 2.45) is 0 Å². The van der Waals surface area contributed by atoms with E-state index in [1.807, 2.05) is 13.8 Å². The number of anilines is 1. The third kappa shape index (κ3) is 3.37. The molecule has 0 saturated heterocycles. The zero-order chi connectivity index (χ0) is 15.7. The lowest BCUT2D eigenvalue weighted by Crippen LogP contribution is -2.15. The first-order valence-electron chi connectivity index (χ1n) is 5.90. The van der Waals surface area contributed by atoms with E-state index in [0.29, 0.717) is 5.56 Å². The summed E-state index contributed by atoms with van der Waals surface area (Å²) in [6.45, 7) is 3.72. The van der Waals surface area contributed by atoms with E-state index in [1.54, 1.807) is 6.07 Å². The molecule has 2 rings (SSSR count). The molecule has 21 heavy (non-hydrogen) atoms. The molecule has 0 radical (unpaired) electrons. The van der Waals surface area contributed by atoms with Crippen LogP contribution in [0.1, 0.15) is 30.5 Å². The van der Waals surface area contributed by atoms with E-state index in [4.69, 9.17) is 23.2 Å². The summed E-state index contributed by atoms with van der Waals surface area (Å²) < 4.78 is 0. The minimum Gasteiger partial charge on any atom is -0.478 e. The van der Waals surface area contributed by atoms with E-state index in [-0.39, 0.29) is 21.3 Å². The van der Waals surface area contributed by atoms with E-state index in [0.717, 1.165) is 9.75 Å². The van der Waals surface area contributed by atoms with E-state index < -0.39 is 11.9 Å². The molecule has 4 nitrogen and oxygen atoms in total. The second-order valence-corrected chi connectivity index (χ2v) is 6.70. The van der Waals surface area contributed by atoms with Gasteiger partial charge in [-0.05, 0) is 32.0 Å². The van der Waals surface area contributed by atoms with E-state index in [1.165, 1.54) is 23.5 Å². The number of amides is 1. The van der Waals surface area contributed by atoms with Crippen molar-refractivity contribution in [1.29, 1.82) is 0 Å². The average Bonchev–Trinajstić information content (AvgIpc) is 2.71. The molecule has 1 amide bonds. The van der Waals surface area contributed by atoms with Crippen molar-refractivity contribution >= 4 is 52.1 Å². The summed E-state index contributed by atoms with van der Waals surface area (Å²) in [6.07, 6.45) is 0. The van der Waals surface area contributed by atoms with Crippen molar-refractivity contribution in [2.75, 3.05) is 5.32 Å². The van der Waals surface area contributed by atoms with Crippen molar-refractivity contribution in [2.45, 2.75) is 13.8 Å². The Kier molecular flexibility index (Phi) is 4.56. The molecule has 0 bridgehead atoms. The number of carboxylic acid groups (broad SMARTS) is 1.